The smallest absolute Gasteiger partial charge is 0.0541 e. The van der Waals surface area contributed by atoms with Gasteiger partial charge in [-0.25, -0.2) is 0 Å². The molecule has 1 rings (SSSR count). The Kier molecular flexibility index (Phi) is 6.15. The van der Waals surface area contributed by atoms with Crippen molar-refractivity contribution >= 4 is 23.4 Å². The highest BCUT2D eigenvalue weighted by atomic mass is 35.5. The van der Waals surface area contributed by atoms with Crippen LogP contribution in [0.4, 0.5) is 0 Å². The topological polar surface area (TPSA) is 12.0 Å². The van der Waals surface area contributed by atoms with Gasteiger partial charge in [-0.2, -0.15) is 0 Å². The summed E-state index contributed by atoms with van der Waals surface area (Å²) < 4.78 is 0. The lowest BCUT2D eigenvalue weighted by Gasteiger charge is -2.07. The molecule has 0 saturated carbocycles. The first-order chi connectivity index (χ1) is 7.20. The normalized spacial score (nSPS) is 10.9. The Morgan fingerprint density at radius 3 is 2.73 bits per heavy atom. The first-order valence-corrected chi connectivity index (χ1v) is 6.67. The van der Waals surface area contributed by atoms with E-state index >= 15 is 0 Å². The van der Waals surface area contributed by atoms with E-state index in [-0.39, 0.29) is 0 Å². The zero-order valence-electron chi connectivity index (χ0n) is 9.29. The summed E-state index contributed by atoms with van der Waals surface area (Å²) in [5, 5.41) is 4.26. The monoisotopic (exact) mass is 243 g/mol. The predicted molar refractivity (Wildman–Crippen MR) is 69.9 cm³/mol. The molecule has 0 aromatic heterocycles. The van der Waals surface area contributed by atoms with Gasteiger partial charge in [0, 0.05) is 10.9 Å². The number of hydrogen-bond donors (Lipinski definition) is 1. The van der Waals surface area contributed by atoms with E-state index in [1.54, 1.807) is 0 Å². The van der Waals surface area contributed by atoms with E-state index in [0.717, 1.165) is 17.3 Å². The molecule has 0 radical (unpaired) electrons. The summed E-state index contributed by atoms with van der Waals surface area (Å²) in [7, 11) is 0. The summed E-state index contributed by atoms with van der Waals surface area (Å²) in [4.78, 5) is 1.18. The highest BCUT2D eigenvalue weighted by molar-refractivity contribution is 7.99. The maximum absolute atomic E-state index is 6.05. The number of benzene rings is 1. The minimum Gasteiger partial charge on any atom is -0.315 e. The molecule has 0 atom stereocenters. The molecule has 15 heavy (non-hydrogen) atoms. The maximum atomic E-state index is 6.05. The van der Waals surface area contributed by atoms with Crippen molar-refractivity contribution in [1.29, 1.82) is 0 Å². The van der Waals surface area contributed by atoms with Crippen LogP contribution in [0.3, 0.4) is 0 Å². The standard InChI is InChI=1S/C12H18ClNS/c1-10(2)14-8-5-9-15-12-7-4-3-6-11(12)13/h3-4,6-7,10,14H,5,8-9H2,1-2H3. The molecule has 0 aliphatic carbocycles. The van der Waals surface area contributed by atoms with E-state index in [0.29, 0.717) is 6.04 Å². The zero-order valence-corrected chi connectivity index (χ0v) is 10.9. The molecule has 0 saturated heterocycles. The minimum atomic E-state index is 0.579. The van der Waals surface area contributed by atoms with Gasteiger partial charge in [0.1, 0.15) is 0 Å². The lowest BCUT2D eigenvalue weighted by molar-refractivity contribution is 0.586. The van der Waals surface area contributed by atoms with Gasteiger partial charge < -0.3 is 5.32 Å². The van der Waals surface area contributed by atoms with Gasteiger partial charge in [0.15, 0.2) is 0 Å². The molecular formula is C12H18ClNS. The predicted octanol–water partition coefficient (Wildman–Crippen LogP) is 3.82. The van der Waals surface area contributed by atoms with E-state index in [9.17, 15) is 0 Å². The van der Waals surface area contributed by atoms with Crippen LogP contribution in [0.5, 0.6) is 0 Å². The average Bonchev–Trinajstić information content (AvgIpc) is 2.20. The Hall–Kier alpha value is -0.180. The fourth-order valence-electron chi connectivity index (χ4n) is 1.21. The van der Waals surface area contributed by atoms with Crippen molar-refractivity contribution < 1.29 is 0 Å². The van der Waals surface area contributed by atoms with Gasteiger partial charge >= 0.3 is 0 Å². The summed E-state index contributed by atoms with van der Waals surface area (Å²) in [5.74, 6) is 1.11. The van der Waals surface area contributed by atoms with E-state index in [4.69, 9.17) is 11.6 Å². The Morgan fingerprint density at radius 2 is 2.07 bits per heavy atom. The van der Waals surface area contributed by atoms with Crippen LogP contribution in [0.25, 0.3) is 0 Å². The summed E-state index contributed by atoms with van der Waals surface area (Å²) in [5.41, 5.74) is 0. The first-order valence-electron chi connectivity index (χ1n) is 5.31. The third-order valence-electron chi connectivity index (χ3n) is 1.97. The van der Waals surface area contributed by atoms with Crippen LogP contribution in [0.1, 0.15) is 20.3 Å². The molecule has 1 aromatic rings. The maximum Gasteiger partial charge on any atom is 0.0541 e. The van der Waals surface area contributed by atoms with Gasteiger partial charge in [-0.05, 0) is 30.9 Å². The second-order valence-corrected chi connectivity index (χ2v) is 5.29. The zero-order chi connectivity index (χ0) is 11.1. The van der Waals surface area contributed by atoms with Crippen LogP contribution in [0.2, 0.25) is 5.02 Å². The van der Waals surface area contributed by atoms with Crippen molar-refractivity contribution in [3.63, 3.8) is 0 Å². The van der Waals surface area contributed by atoms with Crippen molar-refractivity contribution in [2.24, 2.45) is 0 Å². The minimum absolute atomic E-state index is 0.579. The van der Waals surface area contributed by atoms with Gasteiger partial charge in [0.2, 0.25) is 0 Å². The summed E-state index contributed by atoms with van der Waals surface area (Å²) in [6.07, 6.45) is 1.17. The Morgan fingerprint density at radius 1 is 1.33 bits per heavy atom. The fourth-order valence-corrected chi connectivity index (χ4v) is 2.40. The molecule has 0 heterocycles. The SMILES string of the molecule is CC(C)NCCCSc1ccccc1Cl. The van der Waals surface area contributed by atoms with E-state index in [1.807, 2.05) is 30.0 Å². The van der Waals surface area contributed by atoms with Crippen molar-refractivity contribution in [3.8, 4) is 0 Å². The number of halogens is 1. The van der Waals surface area contributed by atoms with Crippen LogP contribution in [-0.4, -0.2) is 18.3 Å². The van der Waals surface area contributed by atoms with Crippen molar-refractivity contribution in [3.05, 3.63) is 29.3 Å². The van der Waals surface area contributed by atoms with Gasteiger partial charge in [0.05, 0.1) is 5.02 Å². The number of rotatable bonds is 6. The van der Waals surface area contributed by atoms with Gasteiger partial charge in [0.25, 0.3) is 0 Å². The Labute approximate surface area is 102 Å². The largest absolute Gasteiger partial charge is 0.315 e. The van der Waals surface area contributed by atoms with E-state index in [2.05, 4.69) is 25.2 Å². The summed E-state index contributed by atoms with van der Waals surface area (Å²) >= 11 is 7.88. The van der Waals surface area contributed by atoms with Crippen LogP contribution >= 0.6 is 23.4 Å². The molecule has 3 heteroatoms. The Balaban J connectivity index is 2.18. The van der Waals surface area contributed by atoms with Crippen molar-refractivity contribution in [2.75, 3.05) is 12.3 Å². The first kappa shape index (κ1) is 12.9. The number of nitrogens with one attached hydrogen (secondary N) is 1. The quantitative estimate of drug-likeness (QED) is 0.602. The molecule has 0 amide bonds. The molecule has 0 bridgehead atoms. The van der Waals surface area contributed by atoms with Crippen LogP contribution in [0, 0.1) is 0 Å². The van der Waals surface area contributed by atoms with Gasteiger partial charge in [-0.3, -0.25) is 0 Å². The van der Waals surface area contributed by atoms with Gasteiger partial charge in [-0.1, -0.05) is 37.6 Å². The second-order valence-electron chi connectivity index (χ2n) is 3.74. The van der Waals surface area contributed by atoms with Crippen LogP contribution < -0.4 is 5.32 Å². The molecule has 1 aromatic carbocycles. The van der Waals surface area contributed by atoms with E-state index in [1.165, 1.54) is 11.3 Å². The lowest BCUT2D eigenvalue weighted by Crippen LogP contribution is -2.23. The molecule has 0 spiro atoms. The third-order valence-corrected chi connectivity index (χ3v) is 3.57. The lowest BCUT2D eigenvalue weighted by atomic mass is 10.4. The summed E-state index contributed by atoms with van der Waals surface area (Å²) in [6, 6.07) is 8.59. The number of thioether (sulfide) groups is 1. The Bertz CT molecular complexity index is 289. The highest BCUT2D eigenvalue weighted by Crippen LogP contribution is 2.26. The fraction of sp³-hybridized carbons (Fsp3) is 0.500. The van der Waals surface area contributed by atoms with Gasteiger partial charge in [-0.15, -0.1) is 11.8 Å². The third kappa shape index (κ3) is 5.45. The summed E-state index contributed by atoms with van der Waals surface area (Å²) in [6.45, 7) is 5.41. The molecule has 0 aliphatic rings. The molecule has 0 unspecified atom stereocenters. The van der Waals surface area contributed by atoms with Crippen LogP contribution in [0.15, 0.2) is 29.2 Å². The average molecular weight is 244 g/mol. The second kappa shape index (κ2) is 7.15. The molecular weight excluding hydrogens is 226 g/mol. The molecule has 1 N–H and O–H groups in total. The van der Waals surface area contributed by atoms with E-state index < -0.39 is 0 Å². The van der Waals surface area contributed by atoms with Crippen LogP contribution in [-0.2, 0) is 0 Å². The molecule has 0 aliphatic heterocycles. The highest BCUT2D eigenvalue weighted by Gasteiger charge is 1.99. The number of hydrogen-bond acceptors (Lipinski definition) is 2. The molecule has 84 valence electrons. The molecule has 0 fully saturated rings. The van der Waals surface area contributed by atoms with Crippen molar-refractivity contribution in [2.45, 2.75) is 31.2 Å². The van der Waals surface area contributed by atoms with Crippen molar-refractivity contribution in [1.82, 2.24) is 5.32 Å². The molecule has 1 nitrogen and oxygen atoms in total.